The largest absolute Gasteiger partial charge is 0.304 e. The van der Waals surface area contributed by atoms with Crippen LogP contribution in [0.25, 0.3) is 0 Å². The van der Waals surface area contributed by atoms with Gasteiger partial charge in [0.05, 0.1) is 0 Å². The Labute approximate surface area is 118 Å². The quantitative estimate of drug-likeness (QED) is 0.839. The Morgan fingerprint density at radius 3 is 2.32 bits per heavy atom. The van der Waals surface area contributed by atoms with Crippen molar-refractivity contribution in [1.29, 1.82) is 0 Å². The maximum absolute atomic E-state index is 13.0. The molecule has 100 valence electrons. The van der Waals surface area contributed by atoms with Gasteiger partial charge in [0, 0.05) is 17.1 Å². The van der Waals surface area contributed by atoms with Crippen LogP contribution in [0.5, 0.6) is 0 Å². The highest BCUT2D eigenvalue weighted by atomic mass is 35.5. The van der Waals surface area contributed by atoms with E-state index in [-0.39, 0.29) is 17.9 Å². The molecule has 0 bridgehead atoms. The van der Waals surface area contributed by atoms with Gasteiger partial charge in [-0.3, -0.25) is 0 Å². The van der Waals surface area contributed by atoms with E-state index in [2.05, 4.69) is 24.4 Å². The van der Waals surface area contributed by atoms with Crippen LogP contribution in [0.2, 0.25) is 5.02 Å². The lowest BCUT2D eigenvalue weighted by atomic mass is 10.0. The van der Waals surface area contributed by atoms with Crippen LogP contribution in [0, 0.1) is 5.82 Å². The van der Waals surface area contributed by atoms with E-state index in [1.54, 1.807) is 6.07 Å². The molecule has 3 heteroatoms. The zero-order valence-electron chi connectivity index (χ0n) is 11.0. The van der Waals surface area contributed by atoms with Crippen LogP contribution in [-0.2, 0) is 0 Å². The molecule has 0 aliphatic heterocycles. The van der Waals surface area contributed by atoms with Crippen molar-refractivity contribution in [2.45, 2.75) is 25.9 Å². The molecule has 2 aromatic rings. The molecule has 0 aromatic heterocycles. The lowest BCUT2D eigenvalue weighted by molar-refractivity contribution is 0.494. The van der Waals surface area contributed by atoms with Crippen molar-refractivity contribution >= 4 is 11.6 Å². The van der Waals surface area contributed by atoms with Gasteiger partial charge >= 0.3 is 0 Å². The first-order valence-corrected chi connectivity index (χ1v) is 6.71. The van der Waals surface area contributed by atoms with Gasteiger partial charge in [-0.05, 0) is 37.1 Å². The molecular formula is C16H17ClFN. The molecule has 0 saturated heterocycles. The van der Waals surface area contributed by atoms with E-state index in [1.807, 2.05) is 25.1 Å². The highest BCUT2D eigenvalue weighted by Gasteiger charge is 2.13. The Morgan fingerprint density at radius 2 is 1.68 bits per heavy atom. The predicted octanol–water partition coefficient (Wildman–Crippen LogP) is 4.89. The monoisotopic (exact) mass is 277 g/mol. The number of hydrogen-bond donors (Lipinski definition) is 1. The molecule has 19 heavy (non-hydrogen) atoms. The third kappa shape index (κ3) is 3.55. The molecule has 1 unspecified atom stereocenters. The summed E-state index contributed by atoms with van der Waals surface area (Å²) >= 11 is 6.07. The Balaban J connectivity index is 2.10. The molecule has 0 spiro atoms. The van der Waals surface area contributed by atoms with E-state index >= 15 is 0 Å². The average molecular weight is 278 g/mol. The van der Waals surface area contributed by atoms with Crippen LogP contribution in [0.3, 0.4) is 0 Å². The average Bonchev–Trinajstić information content (AvgIpc) is 2.39. The van der Waals surface area contributed by atoms with Crippen molar-refractivity contribution in [3.63, 3.8) is 0 Å². The van der Waals surface area contributed by atoms with Crippen molar-refractivity contribution in [3.05, 3.63) is 70.5 Å². The fourth-order valence-corrected chi connectivity index (χ4v) is 2.49. The molecule has 0 radical (unpaired) electrons. The minimum absolute atomic E-state index is 0.0586. The summed E-state index contributed by atoms with van der Waals surface area (Å²) in [5, 5.41) is 3.92. The number of nitrogens with one attached hydrogen (secondary N) is 1. The topological polar surface area (TPSA) is 12.0 Å². The molecule has 1 N–H and O–H groups in total. The zero-order valence-corrected chi connectivity index (χ0v) is 11.8. The molecule has 1 nitrogen and oxygen atoms in total. The predicted molar refractivity (Wildman–Crippen MR) is 77.8 cm³/mol. The maximum atomic E-state index is 13.0. The second kappa shape index (κ2) is 6.18. The van der Waals surface area contributed by atoms with Gasteiger partial charge in [0.25, 0.3) is 0 Å². The second-order valence-electron chi connectivity index (χ2n) is 4.69. The van der Waals surface area contributed by atoms with Crippen molar-refractivity contribution in [2.24, 2.45) is 0 Å². The molecule has 0 aliphatic carbocycles. The summed E-state index contributed by atoms with van der Waals surface area (Å²) in [5.74, 6) is -0.308. The van der Waals surface area contributed by atoms with E-state index in [9.17, 15) is 4.39 Å². The highest BCUT2D eigenvalue weighted by Crippen LogP contribution is 2.26. The summed E-state index contributed by atoms with van der Waals surface area (Å²) in [5.41, 5.74) is 2.12. The normalized spacial score (nSPS) is 14.1. The fraction of sp³-hybridized carbons (Fsp3) is 0.250. The number of hydrogen-bond acceptors (Lipinski definition) is 1. The second-order valence-corrected chi connectivity index (χ2v) is 5.09. The van der Waals surface area contributed by atoms with Gasteiger partial charge in [0.15, 0.2) is 0 Å². The summed E-state index contributed by atoms with van der Waals surface area (Å²) in [6.07, 6.45) is 0. The van der Waals surface area contributed by atoms with Crippen LogP contribution in [-0.4, -0.2) is 0 Å². The first kappa shape index (κ1) is 14.0. The number of rotatable bonds is 4. The molecule has 0 saturated carbocycles. The summed E-state index contributed by atoms with van der Waals surface area (Å²) < 4.78 is 13.0. The lowest BCUT2D eigenvalue weighted by Crippen LogP contribution is -2.22. The summed E-state index contributed by atoms with van der Waals surface area (Å²) in [6, 6.07) is 15.0. The van der Waals surface area contributed by atoms with Crippen molar-refractivity contribution in [1.82, 2.24) is 5.32 Å². The van der Waals surface area contributed by atoms with Crippen LogP contribution in [0.1, 0.15) is 37.1 Å². The van der Waals surface area contributed by atoms with E-state index in [4.69, 9.17) is 11.6 Å². The van der Waals surface area contributed by atoms with Gasteiger partial charge in [0.2, 0.25) is 0 Å². The number of benzene rings is 2. The van der Waals surface area contributed by atoms with Crippen LogP contribution >= 0.6 is 11.6 Å². The summed E-state index contributed by atoms with van der Waals surface area (Å²) in [6.45, 7) is 4.13. The van der Waals surface area contributed by atoms with Gasteiger partial charge in [-0.15, -0.1) is 0 Å². The van der Waals surface area contributed by atoms with Gasteiger partial charge in [-0.2, -0.15) is 0 Å². The maximum Gasteiger partial charge on any atom is 0.124 e. The van der Waals surface area contributed by atoms with Crippen molar-refractivity contribution in [2.75, 3.05) is 0 Å². The molecule has 0 fully saturated rings. The summed E-state index contributed by atoms with van der Waals surface area (Å²) in [7, 11) is 0. The Kier molecular flexibility index (Phi) is 4.56. The smallest absolute Gasteiger partial charge is 0.124 e. The third-order valence-corrected chi connectivity index (χ3v) is 3.56. The Bertz CT molecular complexity index is 542. The van der Waals surface area contributed by atoms with E-state index < -0.39 is 0 Å². The zero-order chi connectivity index (χ0) is 13.8. The van der Waals surface area contributed by atoms with Crippen LogP contribution in [0.15, 0.2) is 48.5 Å². The Hall–Kier alpha value is -1.38. The Morgan fingerprint density at radius 1 is 1.00 bits per heavy atom. The lowest BCUT2D eigenvalue weighted by Gasteiger charge is -2.21. The first-order valence-electron chi connectivity index (χ1n) is 6.34. The van der Waals surface area contributed by atoms with Crippen LogP contribution in [0.4, 0.5) is 4.39 Å². The minimum Gasteiger partial charge on any atom is -0.304 e. The molecule has 0 aliphatic rings. The van der Waals surface area contributed by atoms with E-state index in [0.717, 1.165) is 5.56 Å². The SMILES string of the molecule is CC(N[C@H](C)c1ccccc1)c1ccc(F)cc1Cl. The van der Waals surface area contributed by atoms with Gasteiger partial charge < -0.3 is 5.32 Å². The van der Waals surface area contributed by atoms with Gasteiger partial charge in [-0.25, -0.2) is 4.39 Å². The number of halogens is 2. The van der Waals surface area contributed by atoms with Crippen molar-refractivity contribution < 1.29 is 4.39 Å². The van der Waals surface area contributed by atoms with Gasteiger partial charge in [0.1, 0.15) is 5.82 Å². The molecule has 0 heterocycles. The standard InChI is InChI=1S/C16H17ClFN/c1-11(13-6-4-3-5-7-13)19-12(2)15-9-8-14(18)10-16(15)17/h3-12,19H,1-2H3/t11-,12?/m1/s1. The van der Waals surface area contributed by atoms with Crippen LogP contribution < -0.4 is 5.32 Å². The molecular weight excluding hydrogens is 261 g/mol. The molecule has 2 rings (SSSR count). The van der Waals surface area contributed by atoms with Crippen molar-refractivity contribution in [3.8, 4) is 0 Å². The molecule has 2 atom stereocenters. The van der Waals surface area contributed by atoms with E-state index in [1.165, 1.54) is 17.7 Å². The first-order chi connectivity index (χ1) is 9.08. The highest BCUT2D eigenvalue weighted by molar-refractivity contribution is 6.31. The third-order valence-electron chi connectivity index (χ3n) is 3.23. The molecule has 0 amide bonds. The molecule has 2 aromatic carbocycles. The summed E-state index contributed by atoms with van der Waals surface area (Å²) in [4.78, 5) is 0. The fourth-order valence-electron chi connectivity index (χ4n) is 2.16. The van der Waals surface area contributed by atoms with E-state index in [0.29, 0.717) is 5.02 Å². The van der Waals surface area contributed by atoms with Gasteiger partial charge in [-0.1, -0.05) is 48.0 Å². The minimum atomic E-state index is -0.308.